The number of halogens is 2. The first-order valence-corrected chi connectivity index (χ1v) is 5.71. The van der Waals surface area contributed by atoms with E-state index in [9.17, 15) is 4.39 Å². The summed E-state index contributed by atoms with van der Waals surface area (Å²) < 4.78 is 14.4. The molecule has 2 nitrogen and oxygen atoms in total. The van der Waals surface area contributed by atoms with Crippen LogP contribution in [0.3, 0.4) is 0 Å². The zero-order valence-electron chi connectivity index (χ0n) is 8.63. The Bertz CT molecular complexity index is 319. The molecule has 0 aliphatic heterocycles. The quantitative estimate of drug-likeness (QED) is 0.866. The van der Waals surface area contributed by atoms with Crippen LogP contribution in [0, 0.1) is 5.82 Å². The van der Waals surface area contributed by atoms with Crippen molar-refractivity contribution in [3.63, 3.8) is 0 Å². The van der Waals surface area contributed by atoms with Crippen LogP contribution in [0.1, 0.15) is 24.4 Å². The molecule has 2 N–H and O–H groups in total. The van der Waals surface area contributed by atoms with E-state index in [-0.39, 0.29) is 18.5 Å². The standard InChI is InChI=1S/C11H15BrFNO/c1-14-11(3-2-6-15)9-7-8(12)4-5-10(9)13/h4-5,7,11,14-15H,2-3,6H2,1H3. The van der Waals surface area contributed by atoms with Gasteiger partial charge in [-0.1, -0.05) is 15.9 Å². The summed E-state index contributed by atoms with van der Waals surface area (Å²) in [6, 6.07) is 4.85. The van der Waals surface area contributed by atoms with E-state index in [1.165, 1.54) is 6.07 Å². The molecule has 0 saturated heterocycles. The fourth-order valence-electron chi connectivity index (χ4n) is 1.53. The molecule has 0 fully saturated rings. The van der Waals surface area contributed by atoms with Crippen LogP contribution in [0.15, 0.2) is 22.7 Å². The van der Waals surface area contributed by atoms with Gasteiger partial charge in [-0.05, 0) is 38.1 Å². The van der Waals surface area contributed by atoms with E-state index in [1.54, 1.807) is 19.2 Å². The first-order valence-electron chi connectivity index (χ1n) is 4.92. The number of aliphatic hydroxyl groups excluding tert-OH is 1. The van der Waals surface area contributed by atoms with Crippen LogP contribution in [0.25, 0.3) is 0 Å². The zero-order chi connectivity index (χ0) is 11.3. The van der Waals surface area contributed by atoms with Crippen LogP contribution in [0.2, 0.25) is 0 Å². The van der Waals surface area contributed by atoms with Crippen molar-refractivity contribution >= 4 is 15.9 Å². The molecule has 0 spiro atoms. The third kappa shape index (κ3) is 3.55. The monoisotopic (exact) mass is 275 g/mol. The maximum atomic E-state index is 13.5. The van der Waals surface area contributed by atoms with Gasteiger partial charge < -0.3 is 10.4 Å². The van der Waals surface area contributed by atoms with Crippen LogP contribution in [0.4, 0.5) is 4.39 Å². The molecule has 15 heavy (non-hydrogen) atoms. The number of benzene rings is 1. The SMILES string of the molecule is CNC(CCCO)c1cc(Br)ccc1F. The van der Waals surface area contributed by atoms with Gasteiger partial charge in [0.05, 0.1) is 0 Å². The minimum absolute atomic E-state index is 0.0466. The van der Waals surface area contributed by atoms with E-state index in [4.69, 9.17) is 5.11 Å². The summed E-state index contributed by atoms with van der Waals surface area (Å²) in [5.74, 6) is -0.213. The molecule has 1 atom stereocenters. The fraction of sp³-hybridized carbons (Fsp3) is 0.455. The highest BCUT2D eigenvalue weighted by molar-refractivity contribution is 9.10. The van der Waals surface area contributed by atoms with Gasteiger partial charge >= 0.3 is 0 Å². The largest absolute Gasteiger partial charge is 0.396 e. The van der Waals surface area contributed by atoms with Crippen LogP contribution in [0.5, 0.6) is 0 Å². The Balaban J connectivity index is 2.85. The summed E-state index contributed by atoms with van der Waals surface area (Å²) in [4.78, 5) is 0. The lowest BCUT2D eigenvalue weighted by Crippen LogP contribution is -2.18. The van der Waals surface area contributed by atoms with Gasteiger partial charge in [-0.25, -0.2) is 4.39 Å². The molecule has 1 aromatic rings. The Labute approximate surface area is 97.6 Å². The van der Waals surface area contributed by atoms with Gasteiger partial charge in [0, 0.05) is 22.7 Å². The number of hydrogen-bond donors (Lipinski definition) is 2. The smallest absolute Gasteiger partial charge is 0.128 e. The molecule has 0 aliphatic rings. The van der Waals surface area contributed by atoms with Crippen molar-refractivity contribution < 1.29 is 9.50 Å². The third-order valence-corrected chi connectivity index (χ3v) is 2.83. The molecule has 0 bridgehead atoms. The maximum absolute atomic E-state index is 13.5. The van der Waals surface area contributed by atoms with E-state index < -0.39 is 0 Å². The molecule has 0 saturated carbocycles. The molecule has 0 aliphatic carbocycles. The second-order valence-electron chi connectivity index (χ2n) is 3.37. The van der Waals surface area contributed by atoms with Crippen molar-refractivity contribution in [3.05, 3.63) is 34.1 Å². The van der Waals surface area contributed by atoms with Crippen molar-refractivity contribution in [1.29, 1.82) is 0 Å². The minimum Gasteiger partial charge on any atom is -0.396 e. The average molecular weight is 276 g/mol. The fourth-order valence-corrected chi connectivity index (χ4v) is 1.91. The van der Waals surface area contributed by atoms with Gasteiger partial charge in [-0.15, -0.1) is 0 Å². The summed E-state index contributed by atoms with van der Waals surface area (Å²) in [7, 11) is 1.79. The van der Waals surface area contributed by atoms with E-state index in [0.29, 0.717) is 12.0 Å². The molecule has 1 rings (SSSR count). The Kier molecular flexibility index (Phi) is 5.22. The molecule has 84 valence electrons. The van der Waals surface area contributed by atoms with E-state index in [2.05, 4.69) is 21.2 Å². The maximum Gasteiger partial charge on any atom is 0.128 e. The topological polar surface area (TPSA) is 32.3 Å². The number of rotatable bonds is 5. The van der Waals surface area contributed by atoms with Crippen LogP contribution >= 0.6 is 15.9 Å². The van der Waals surface area contributed by atoms with Gasteiger partial charge in [0.15, 0.2) is 0 Å². The highest BCUT2D eigenvalue weighted by Crippen LogP contribution is 2.24. The van der Waals surface area contributed by atoms with Gasteiger partial charge in [0.2, 0.25) is 0 Å². The van der Waals surface area contributed by atoms with E-state index in [0.717, 1.165) is 10.9 Å². The summed E-state index contributed by atoms with van der Waals surface area (Å²) in [5.41, 5.74) is 0.639. The highest BCUT2D eigenvalue weighted by Gasteiger charge is 2.13. The van der Waals surface area contributed by atoms with Crippen molar-refractivity contribution in [3.8, 4) is 0 Å². The molecule has 0 amide bonds. The molecule has 0 radical (unpaired) electrons. The third-order valence-electron chi connectivity index (χ3n) is 2.33. The predicted octanol–water partition coefficient (Wildman–Crippen LogP) is 2.62. The highest BCUT2D eigenvalue weighted by atomic mass is 79.9. The summed E-state index contributed by atoms with van der Waals surface area (Å²) in [6.45, 7) is 0.133. The summed E-state index contributed by atoms with van der Waals surface area (Å²) in [5, 5.41) is 11.8. The van der Waals surface area contributed by atoms with Gasteiger partial charge in [0.25, 0.3) is 0 Å². The molecule has 0 heterocycles. The molecule has 4 heteroatoms. The lowest BCUT2D eigenvalue weighted by molar-refractivity contribution is 0.276. The second-order valence-corrected chi connectivity index (χ2v) is 4.29. The lowest BCUT2D eigenvalue weighted by Gasteiger charge is -2.17. The van der Waals surface area contributed by atoms with Crippen molar-refractivity contribution in [1.82, 2.24) is 5.32 Å². The first-order chi connectivity index (χ1) is 7.19. The average Bonchev–Trinajstić information content (AvgIpc) is 2.24. The Hall–Kier alpha value is -0.450. The van der Waals surface area contributed by atoms with Gasteiger partial charge in [0.1, 0.15) is 5.82 Å². The molecule has 0 aromatic heterocycles. The van der Waals surface area contributed by atoms with Crippen LogP contribution < -0.4 is 5.32 Å². The van der Waals surface area contributed by atoms with Crippen molar-refractivity contribution in [2.75, 3.05) is 13.7 Å². The molecule has 1 unspecified atom stereocenters. The first kappa shape index (κ1) is 12.6. The lowest BCUT2D eigenvalue weighted by atomic mass is 10.0. The molecular formula is C11H15BrFNO. The van der Waals surface area contributed by atoms with E-state index in [1.807, 2.05) is 0 Å². The molecular weight excluding hydrogens is 261 g/mol. The van der Waals surface area contributed by atoms with Crippen LogP contribution in [-0.2, 0) is 0 Å². The van der Waals surface area contributed by atoms with Crippen molar-refractivity contribution in [2.45, 2.75) is 18.9 Å². The Morgan fingerprint density at radius 1 is 1.53 bits per heavy atom. The minimum atomic E-state index is -0.213. The van der Waals surface area contributed by atoms with E-state index >= 15 is 0 Å². The van der Waals surface area contributed by atoms with Gasteiger partial charge in [-0.3, -0.25) is 0 Å². The Morgan fingerprint density at radius 2 is 2.27 bits per heavy atom. The molecule has 1 aromatic carbocycles. The van der Waals surface area contributed by atoms with Gasteiger partial charge in [-0.2, -0.15) is 0 Å². The second kappa shape index (κ2) is 6.20. The number of aliphatic hydroxyl groups is 1. The Morgan fingerprint density at radius 3 is 2.87 bits per heavy atom. The zero-order valence-corrected chi connectivity index (χ0v) is 10.2. The van der Waals surface area contributed by atoms with Crippen molar-refractivity contribution in [2.24, 2.45) is 0 Å². The van der Waals surface area contributed by atoms with Crippen LogP contribution in [-0.4, -0.2) is 18.8 Å². The summed E-state index contributed by atoms with van der Waals surface area (Å²) in [6.07, 6.45) is 1.39. The summed E-state index contributed by atoms with van der Waals surface area (Å²) >= 11 is 3.32. The number of hydrogen-bond acceptors (Lipinski definition) is 2. The number of nitrogens with one attached hydrogen (secondary N) is 1. The predicted molar refractivity (Wildman–Crippen MR) is 62.2 cm³/mol. The normalized spacial score (nSPS) is 12.8.